The molecule has 0 saturated carbocycles. The van der Waals surface area contributed by atoms with Crippen molar-refractivity contribution in [3.63, 3.8) is 0 Å². The number of rotatable bonds is 11. The van der Waals surface area contributed by atoms with Crippen LogP contribution < -0.4 is 10.3 Å². The number of ether oxygens (including phenoxy) is 2. The summed E-state index contributed by atoms with van der Waals surface area (Å²) < 4.78 is 13.9. The van der Waals surface area contributed by atoms with E-state index in [1.807, 2.05) is 67.7 Å². The zero-order valence-corrected chi connectivity index (χ0v) is 25.5. The first-order valence-electron chi connectivity index (χ1n) is 14.2. The van der Waals surface area contributed by atoms with Crippen molar-refractivity contribution in [1.82, 2.24) is 18.9 Å². The number of pyridine rings is 1. The Bertz CT molecular complexity index is 1890. The predicted octanol–water partition coefficient (Wildman–Crippen LogP) is 5.60. The van der Waals surface area contributed by atoms with Crippen LogP contribution in [0.4, 0.5) is 0 Å². The van der Waals surface area contributed by atoms with Gasteiger partial charge in [0.15, 0.2) is 0 Å². The van der Waals surface area contributed by atoms with Gasteiger partial charge in [-0.05, 0) is 55.4 Å². The molecule has 0 amide bonds. The fourth-order valence-corrected chi connectivity index (χ4v) is 5.48. The Hall–Kier alpha value is -4.91. The van der Waals surface area contributed by atoms with Crippen LogP contribution in [0.3, 0.4) is 0 Å². The van der Waals surface area contributed by atoms with Crippen LogP contribution in [-0.2, 0) is 24.2 Å². The third-order valence-electron chi connectivity index (χ3n) is 7.41. The van der Waals surface area contributed by atoms with Gasteiger partial charge < -0.3 is 18.9 Å². The molecule has 10 heteroatoms. The summed E-state index contributed by atoms with van der Waals surface area (Å²) in [6, 6.07) is 22.8. The third-order valence-corrected chi connectivity index (χ3v) is 7.78. The smallest absolute Gasteiger partial charge is 0.345 e. The minimum absolute atomic E-state index is 0.107. The minimum Gasteiger partial charge on any atom is -0.497 e. The van der Waals surface area contributed by atoms with Gasteiger partial charge in [0.25, 0.3) is 5.56 Å². The largest absolute Gasteiger partial charge is 0.497 e. The van der Waals surface area contributed by atoms with E-state index in [2.05, 4.69) is 16.0 Å². The summed E-state index contributed by atoms with van der Waals surface area (Å²) in [5.74, 6) is -0.0760. The maximum Gasteiger partial charge on any atom is 0.345 e. The van der Waals surface area contributed by atoms with Gasteiger partial charge in [-0.15, -0.1) is 0 Å². The van der Waals surface area contributed by atoms with Crippen LogP contribution in [0.2, 0.25) is 5.02 Å². The number of methoxy groups -OCH3 is 1. The Morgan fingerprint density at radius 3 is 2.50 bits per heavy atom. The second-order valence-corrected chi connectivity index (χ2v) is 10.7. The average Bonchev–Trinajstić information content (AvgIpc) is 3.37. The maximum absolute atomic E-state index is 14.2. The molecule has 0 saturated heterocycles. The molecule has 9 nitrogen and oxygen atoms in total. The summed E-state index contributed by atoms with van der Waals surface area (Å²) in [5, 5.41) is 11.2. The lowest BCUT2D eigenvalue weighted by Crippen LogP contribution is -2.30. The molecule has 3 heterocycles. The molecule has 0 unspecified atom stereocenters. The first kappa shape index (κ1) is 30.5. The number of likely N-dealkylation sites (N-methyl/N-ethyl adjacent to an activating group) is 1. The number of esters is 1. The van der Waals surface area contributed by atoms with E-state index < -0.39 is 11.5 Å². The Kier molecular flexibility index (Phi) is 9.44. The molecule has 2 aromatic carbocycles. The molecule has 0 spiro atoms. The number of carbonyl (C=O) groups is 1. The Balaban J connectivity index is 1.76. The van der Waals surface area contributed by atoms with Crippen LogP contribution in [0.25, 0.3) is 16.8 Å². The summed E-state index contributed by atoms with van der Waals surface area (Å²) in [4.78, 5) is 33.8. The number of nitriles is 1. The van der Waals surface area contributed by atoms with E-state index in [4.69, 9.17) is 21.1 Å². The highest BCUT2D eigenvalue weighted by atomic mass is 35.5. The van der Waals surface area contributed by atoms with Crippen molar-refractivity contribution in [2.45, 2.75) is 26.4 Å². The number of fused-ring (bicyclic) bond motifs is 1. The standard InChI is InChI=1S/C34H32ClN5O4/c1-4-44-34(42)28-21-39(20-24-9-5-6-11-29(24)35)32-27(19-36)31(23-12-14-26(43-3)15-13-23)30(40(32)33(28)41)22-38(2)18-16-25-10-7-8-17-37-25/h5-15,17,21H,4,16,18,20,22H2,1-3H3. The normalized spacial score (nSPS) is 11.1. The molecule has 0 aliphatic heterocycles. The summed E-state index contributed by atoms with van der Waals surface area (Å²) in [6.45, 7) is 2.96. The molecule has 0 fully saturated rings. The summed E-state index contributed by atoms with van der Waals surface area (Å²) in [6.07, 6.45) is 3.91. The molecule has 0 bridgehead atoms. The zero-order chi connectivity index (χ0) is 31.2. The van der Waals surface area contributed by atoms with Gasteiger partial charge >= 0.3 is 5.97 Å². The number of carbonyl (C=O) groups excluding carboxylic acids is 1. The lowest BCUT2D eigenvalue weighted by atomic mass is 10.0. The lowest BCUT2D eigenvalue weighted by molar-refractivity contribution is 0.0523. The van der Waals surface area contributed by atoms with Gasteiger partial charge in [-0.25, -0.2) is 4.79 Å². The van der Waals surface area contributed by atoms with Crippen LogP contribution >= 0.6 is 11.6 Å². The monoisotopic (exact) mass is 609 g/mol. The second-order valence-electron chi connectivity index (χ2n) is 10.3. The van der Waals surface area contributed by atoms with Crippen molar-refractivity contribution in [2.24, 2.45) is 0 Å². The molecule has 0 N–H and O–H groups in total. The van der Waals surface area contributed by atoms with Crippen molar-refractivity contribution in [2.75, 3.05) is 27.3 Å². The third kappa shape index (κ3) is 6.23. The van der Waals surface area contributed by atoms with E-state index in [0.29, 0.717) is 52.8 Å². The van der Waals surface area contributed by atoms with Gasteiger partial charge in [-0.3, -0.25) is 14.2 Å². The molecule has 0 aliphatic rings. The van der Waals surface area contributed by atoms with Crippen molar-refractivity contribution in [1.29, 1.82) is 5.26 Å². The maximum atomic E-state index is 14.2. The van der Waals surface area contributed by atoms with E-state index >= 15 is 0 Å². The van der Waals surface area contributed by atoms with Gasteiger partial charge in [0, 0.05) is 48.2 Å². The first-order valence-corrected chi connectivity index (χ1v) is 14.6. The van der Waals surface area contributed by atoms with Crippen LogP contribution in [0.5, 0.6) is 5.75 Å². The highest BCUT2D eigenvalue weighted by Crippen LogP contribution is 2.35. The molecule has 224 valence electrons. The van der Waals surface area contributed by atoms with Crippen molar-refractivity contribution in [3.05, 3.63) is 123 Å². The number of hydrogen-bond acceptors (Lipinski definition) is 7. The number of aromatic nitrogens is 3. The molecular formula is C34H32ClN5O4. The molecule has 3 aromatic heterocycles. The summed E-state index contributed by atoms with van der Waals surface area (Å²) in [7, 11) is 3.53. The van der Waals surface area contributed by atoms with E-state index in [9.17, 15) is 14.9 Å². The molecule has 5 aromatic rings. The zero-order valence-electron chi connectivity index (χ0n) is 24.8. The van der Waals surface area contributed by atoms with Crippen molar-refractivity contribution >= 4 is 23.2 Å². The van der Waals surface area contributed by atoms with Crippen LogP contribution in [0.15, 0.2) is 83.9 Å². The quantitative estimate of drug-likeness (QED) is 0.180. The Labute approximate surface area is 260 Å². The molecule has 44 heavy (non-hydrogen) atoms. The van der Waals surface area contributed by atoms with Gasteiger partial charge in [0.05, 0.1) is 26.0 Å². The minimum atomic E-state index is -0.736. The van der Waals surface area contributed by atoms with E-state index in [0.717, 1.165) is 16.8 Å². The highest BCUT2D eigenvalue weighted by molar-refractivity contribution is 6.31. The van der Waals surface area contributed by atoms with Gasteiger partial charge in [-0.1, -0.05) is 48.0 Å². The van der Waals surface area contributed by atoms with Crippen LogP contribution in [0, 0.1) is 11.3 Å². The fourth-order valence-electron chi connectivity index (χ4n) is 5.28. The van der Waals surface area contributed by atoms with Crippen LogP contribution in [-0.4, -0.2) is 52.1 Å². The van der Waals surface area contributed by atoms with E-state index in [-0.39, 0.29) is 18.7 Å². The SMILES string of the molecule is CCOC(=O)c1cn(Cc2ccccc2Cl)c2c(C#N)c(-c3ccc(OC)cc3)c(CN(C)CCc3ccccn3)n2c1=O. The van der Waals surface area contributed by atoms with Gasteiger partial charge in [0.1, 0.15) is 28.6 Å². The Morgan fingerprint density at radius 1 is 1.09 bits per heavy atom. The second kappa shape index (κ2) is 13.6. The molecular weight excluding hydrogens is 578 g/mol. The van der Waals surface area contributed by atoms with E-state index in [1.165, 1.54) is 10.6 Å². The number of benzene rings is 2. The topological polar surface area (TPSA) is 102 Å². The average molecular weight is 610 g/mol. The number of halogens is 1. The van der Waals surface area contributed by atoms with E-state index in [1.54, 1.807) is 30.9 Å². The molecule has 5 rings (SSSR count). The number of hydrogen-bond donors (Lipinski definition) is 0. The lowest BCUT2D eigenvalue weighted by Gasteiger charge is -2.19. The molecule has 0 atom stereocenters. The number of nitrogens with zero attached hydrogens (tertiary/aromatic N) is 5. The Morgan fingerprint density at radius 2 is 1.84 bits per heavy atom. The molecule has 0 radical (unpaired) electrons. The molecule has 0 aliphatic carbocycles. The van der Waals surface area contributed by atoms with Gasteiger partial charge in [-0.2, -0.15) is 5.26 Å². The summed E-state index contributed by atoms with van der Waals surface area (Å²) in [5.41, 5.74) is 3.61. The predicted molar refractivity (Wildman–Crippen MR) is 169 cm³/mol. The summed E-state index contributed by atoms with van der Waals surface area (Å²) >= 11 is 6.54. The van der Waals surface area contributed by atoms with Crippen molar-refractivity contribution in [3.8, 4) is 22.9 Å². The fraction of sp³-hybridized carbons (Fsp3) is 0.235. The van der Waals surface area contributed by atoms with Crippen LogP contribution in [0.1, 0.15) is 39.8 Å². The van der Waals surface area contributed by atoms with Gasteiger partial charge in [0.2, 0.25) is 0 Å². The first-order chi connectivity index (χ1) is 21.4. The van der Waals surface area contributed by atoms with Crippen molar-refractivity contribution < 1.29 is 14.3 Å². The highest BCUT2D eigenvalue weighted by Gasteiger charge is 2.28.